The Balaban J connectivity index is 1.52. The highest BCUT2D eigenvalue weighted by Crippen LogP contribution is 2.64. The largest absolute Gasteiger partial charge is 0.371 e. The van der Waals surface area contributed by atoms with Gasteiger partial charge in [0.2, 0.25) is 0 Å². The smallest absolute Gasteiger partial charge is 0.0769 e. The van der Waals surface area contributed by atoms with Gasteiger partial charge in [-0.1, -0.05) is 96.3 Å². The van der Waals surface area contributed by atoms with Gasteiger partial charge in [0.25, 0.3) is 0 Å². The fourth-order valence-electron chi connectivity index (χ4n) is 9.15. The van der Waals surface area contributed by atoms with Gasteiger partial charge in [0.05, 0.1) is 23.4 Å². The zero-order chi connectivity index (χ0) is 21.7. The molecule has 0 saturated heterocycles. The van der Waals surface area contributed by atoms with Crippen LogP contribution in [0.5, 0.6) is 0 Å². The van der Waals surface area contributed by atoms with Gasteiger partial charge in [-0.15, -0.1) is 0 Å². The third-order valence-corrected chi connectivity index (χ3v) is 10.7. The third-order valence-electron chi connectivity index (χ3n) is 10.7. The summed E-state index contributed by atoms with van der Waals surface area (Å²) in [5.41, 5.74) is 0.466. The third kappa shape index (κ3) is 4.58. The molecular weight excluding hydrogens is 392 g/mol. The second-order valence-electron chi connectivity index (χ2n) is 12.5. The minimum atomic E-state index is 0.0969. The topological polar surface area (TPSA) is 18.5 Å². The van der Waals surface area contributed by atoms with Crippen molar-refractivity contribution in [3.63, 3.8) is 0 Å². The lowest BCUT2D eigenvalue weighted by molar-refractivity contribution is -0.293. The van der Waals surface area contributed by atoms with Crippen LogP contribution in [-0.2, 0) is 9.47 Å². The van der Waals surface area contributed by atoms with Crippen LogP contribution in [0.2, 0.25) is 0 Å². The Morgan fingerprint density at radius 1 is 0.344 bits per heavy atom. The average molecular weight is 445 g/mol. The van der Waals surface area contributed by atoms with Crippen molar-refractivity contribution in [2.75, 3.05) is 0 Å². The number of hydrogen-bond donors (Lipinski definition) is 0. The van der Waals surface area contributed by atoms with Crippen molar-refractivity contribution in [1.29, 1.82) is 0 Å². The van der Waals surface area contributed by atoms with Crippen LogP contribution in [0.4, 0.5) is 0 Å². The van der Waals surface area contributed by atoms with E-state index < -0.39 is 0 Å². The molecule has 5 rings (SSSR count). The molecule has 5 fully saturated rings. The van der Waals surface area contributed by atoms with E-state index in [1.165, 1.54) is 161 Å². The molecule has 0 radical (unpaired) electrons. The van der Waals surface area contributed by atoms with Crippen LogP contribution in [0, 0.1) is 5.41 Å². The Morgan fingerprint density at radius 3 is 1.03 bits per heavy atom. The summed E-state index contributed by atoms with van der Waals surface area (Å²) in [4.78, 5) is 0. The van der Waals surface area contributed by atoms with Gasteiger partial charge in [0, 0.05) is 5.41 Å². The molecule has 0 unspecified atom stereocenters. The van der Waals surface area contributed by atoms with E-state index in [0.717, 1.165) is 0 Å². The van der Waals surface area contributed by atoms with Crippen molar-refractivity contribution in [2.24, 2.45) is 5.41 Å². The SMILES string of the molecule is C1CCC(OC2(C3(C4(OC5CCCCC5)CCCCC4)CCCCC3)CCCCC2)CC1. The molecule has 0 aromatic heterocycles. The van der Waals surface area contributed by atoms with Crippen LogP contribution >= 0.6 is 0 Å². The maximum Gasteiger partial charge on any atom is 0.0769 e. The van der Waals surface area contributed by atoms with Gasteiger partial charge in [-0.2, -0.15) is 0 Å². The number of rotatable bonds is 6. The van der Waals surface area contributed by atoms with Crippen molar-refractivity contribution in [3.8, 4) is 0 Å². The molecule has 5 aliphatic carbocycles. The van der Waals surface area contributed by atoms with Crippen LogP contribution in [0.15, 0.2) is 0 Å². The molecule has 0 spiro atoms. The van der Waals surface area contributed by atoms with Crippen LogP contribution in [0.25, 0.3) is 0 Å². The molecular formula is C30H52O2. The van der Waals surface area contributed by atoms with Crippen LogP contribution in [0.3, 0.4) is 0 Å². The molecule has 0 aliphatic heterocycles. The molecule has 2 nitrogen and oxygen atoms in total. The molecule has 5 saturated carbocycles. The summed E-state index contributed by atoms with van der Waals surface area (Å²) < 4.78 is 15.1. The Bertz CT molecular complexity index is 509. The zero-order valence-corrected chi connectivity index (χ0v) is 21.1. The van der Waals surface area contributed by atoms with Crippen LogP contribution < -0.4 is 0 Å². The molecule has 0 aromatic rings. The molecule has 32 heavy (non-hydrogen) atoms. The van der Waals surface area contributed by atoms with E-state index in [2.05, 4.69) is 0 Å². The van der Waals surface area contributed by atoms with E-state index in [1.54, 1.807) is 0 Å². The first-order valence-electron chi connectivity index (χ1n) is 15.1. The summed E-state index contributed by atoms with van der Waals surface area (Å²) in [6.07, 6.45) is 35.4. The highest BCUT2D eigenvalue weighted by Gasteiger charge is 2.64. The lowest BCUT2D eigenvalue weighted by Crippen LogP contribution is -2.67. The van der Waals surface area contributed by atoms with Crippen molar-refractivity contribution >= 4 is 0 Å². The maximum absolute atomic E-state index is 7.55. The first kappa shape index (κ1) is 23.7. The van der Waals surface area contributed by atoms with Gasteiger partial charge in [0.1, 0.15) is 0 Å². The monoisotopic (exact) mass is 444 g/mol. The molecule has 2 heteroatoms. The predicted octanol–water partition coefficient (Wildman–Crippen LogP) is 9.04. The molecule has 5 aliphatic rings. The highest BCUT2D eigenvalue weighted by molar-refractivity contribution is 5.15. The summed E-state index contributed by atoms with van der Waals surface area (Å²) in [5.74, 6) is 0. The van der Waals surface area contributed by atoms with Gasteiger partial charge in [-0.3, -0.25) is 0 Å². The quantitative estimate of drug-likeness (QED) is 0.407. The van der Waals surface area contributed by atoms with Crippen molar-refractivity contribution in [2.45, 2.75) is 184 Å². The van der Waals surface area contributed by atoms with Crippen molar-refractivity contribution in [3.05, 3.63) is 0 Å². The summed E-state index contributed by atoms with van der Waals surface area (Å²) >= 11 is 0. The Morgan fingerprint density at radius 2 is 0.656 bits per heavy atom. The van der Waals surface area contributed by atoms with Crippen LogP contribution in [-0.4, -0.2) is 23.4 Å². The maximum atomic E-state index is 7.55. The van der Waals surface area contributed by atoms with E-state index in [-0.39, 0.29) is 16.6 Å². The summed E-state index contributed by atoms with van der Waals surface area (Å²) in [6.45, 7) is 0. The van der Waals surface area contributed by atoms with E-state index in [4.69, 9.17) is 9.47 Å². The van der Waals surface area contributed by atoms with Gasteiger partial charge < -0.3 is 9.47 Å². The van der Waals surface area contributed by atoms with Crippen molar-refractivity contribution in [1.82, 2.24) is 0 Å². The van der Waals surface area contributed by atoms with Gasteiger partial charge in [0.15, 0.2) is 0 Å². The number of ether oxygens (including phenoxy) is 2. The standard InChI is InChI=1S/C30H52O2/c1-6-16-26(17-7-1)31-29(22-12-4-13-23-29)28(20-10-3-11-21-28)30(24-14-5-15-25-30)32-27-18-8-2-9-19-27/h26-27H,1-25H2. The Kier molecular flexibility index (Phi) is 7.89. The number of hydrogen-bond acceptors (Lipinski definition) is 2. The second-order valence-corrected chi connectivity index (χ2v) is 12.5. The van der Waals surface area contributed by atoms with Crippen molar-refractivity contribution < 1.29 is 9.47 Å². The predicted molar refractivity (Wildman–Crippen MR) is 133 cm³/mol. The van der Waals surface area contributed by atoms with E-state index in [9.17, 15) is 0 Å². The Labute approximate surface area is 199 Å². The summed E-state index contributed by atoms with van der Waals surface area (Å²) in [6, 6.07) is 0. The molecule has 0 atom stereocenters. The Hall–Kier alpha value is -0.0800. The molecule has 0 amide bonds. The van der Waals surface area contributed by atoms with E-state index in [1.807, 2.05) is 0 Å². The second kappa shape index (κ2) is 10.7. The normalized spacial score (nSPS) is 31.9. The highest BCUT2D eigenvalue weighted by atomic mass is 16.5. The van der Waals surface area contributed by atoms with E-state index in [0.29, 0.717) is 12.2 Å². The summed E-state index contributed by atoms with van der Waals surface area (Å²) in [7, 11) is 0. The molecule has 0 heterocycles. The lowest BCUT2D eigenvalue weighted by atomic mass is 9.49. The van der Waals surface area contributed by atoms with Crippen LogP contribution in [0.1, 0.15) is 161 Å². The molecule has 0 aromatic carbocycles. The van der Waals surface area contributed by atoms with E-state index >= 15 is 0 Å². The fourth-order valence-corrected chi connectivity index (χ4v) is 9.15. The van der Waals surface area contributed by atoms with Gasteiger partial charge in [-0.05, 0) is 64.2 Å². The molecule has 184 valence electrons. The fraction of sp³-hybridized carbons (Fsp3) is 1.00. The molecule has 0 N–H and O–H groups in total. The van der Waals surface area contributed by atoms with Gasteiger partial charge >= 0.3 is 0 Å². The minimum Gasteiger partial charge on any atom is -0.371 e. The average Bonchev–Trinajstić information content (AvgIpc) is 2.87. The first-order valence-corrected chi connectivity index (χ1v) is 15.1. The minimum absolute atomic E-state index is 0.0969. The zero-order valence-electron chi connectivity index (χ0n) is 21.1. The lowest BCUT2D eigenvalue weighted by Gasteiger charge is -2.65. The van der Waals surface area contributed by atoms with Gasteiger partial charge in [-0.25, -0.2) is 0 Å². The summed E-state index contributed by atoms with van der Waals surface area (Å²) in [5, 5.41) is 0. The first-order chi connectivity index (χ1) is 15.8. The molecule has 0 bridgehead atoms.